The van der Waals surface area contributed by atoms with Gasteiger partial charge in [-0.25, -0.2) is 0 Å². The van der Waals surface area contributed by atoms with Crippen LogP contribution < -0.4 is 0 Å². The molecule has 19 heavy (non-hydrogen) atoms. The second-order valence-corrected chi connectivity index (χ2v) is 6.74. The van der Waals surface area contributed by atoms with E-state index in [1.807, 2.05) is 26.0 Å². The molecule has 2 rings (SSSR count). The SMILES string of the molecule is Cc1ccc(CC(=O)N2CC(C)CC(C(=O)O)C2)s1. The molecule has 0 bridgehead atoms. The lowest BCUT2D eigenvalue weighted by molar-refractivity contribution is -0.146. The quantitative estimate of drug-likeness (QED) is 0.923. The molecule has 1 aliphatic heterocycles. The average Bonchev–Trinajstić information content (AvgIpc) is 2.73. The molecule has 2 unspecified atom stereocenters. The van der Waals surface area contributed by atoms with Gasteiger partial charge in [-0.1, -0.05) is 6.92 Å². The summed E-state index contributed by atoms with van der Waals surface area (Å²) >= 11 is 1.62. The summed E-state index contributed by atoms with van der Waals surface area (Å²) in [6.07, 6.45) is 1.05. The van der Waals surface area contributed by atoms with E-state index in [-0.39, 0.29) is 11.8 Å². The molecule has 2 heterocycles. The van der Waals surface area contributed by atoms with Crippen LogP contribution in [0.15, 0.2) is 12.1 Å². The van der Waals surface area contributed by atoms with E-state index in [4.69, 9.17) is 5.11 Å². The smallest absolute Gasteiger partial charge is 0.308 e. The van der Waals surface area contributed by atoms with E-state index >= 15 is 0 Å². The maximum atomic E-state index is 12.2. The summed E-state index contributed by atoms with van der Waals surface area (Å²) in [4.78, 5) is 27.3. The van der Waals surface area contributed by atoms with Crippen molar-refractivity contribution in [3.05, 3.63) is 21.9 Å². The second-order valence-electron chi connectivity index (χ2n) is 5.36. The normalized spacial score (nSPS) is 23.4. The molecule has 1 amide bonds. The molecule has 104 valence electrons. The van der Waals surface area contributed by atoms with Crippen molar-refractivity contribution in [2.45, 2.75) is 26.7 Å². The molecular weight excluding hydrogens is 262 g/mol. The Bertz CT molecular complexity index is 483. The lowest BCUT2D eigenvalue weighted by Gasteiger charge is -2.34. The van der Waals surface area contributed by atoms with Crippen LogP contribution in [0.4, 0.5) is 0 Å². The highest BCUT2D eigenvalue weighted by Gasteiger charge is 2.31. The van der Waals surface area contributed by atoms with Gasteiger partial charge in [0, 0.05) is 22.8 Å². The number of hydrogen-bond donors (Lipinski definition) is 1. The van der Waals surface area contributed by atoms with Crippen LogP contribution in [-0.2, 0) is 16.0 Å². The maximum Gasteiger partial charge on any atom is 0.308 e. The van der Waals surface area contributed by atoms with Crippen LogP contribution in [-0.4, -0.2) is 35.0 Å². The Balaban J connectivity index is 2.00. The first-order valence-electron chi connectivity index (χ1n) is 6.51. The maximum absolute atomic E-state index is 12.2. The number of carbonyl (C=O) groups excluding carboxylic acids is 1. The van der Waals surface area contributed by atoms with Crippen molar-refractivity contribution in [1.29, 1.82) is 0 Å². The zero-order valence-electron chi connectivity index (χ0n) is 11.3. The summed E-state index contributed by atoms with van der Waals surface area (Å²) in [6.45, 7) is 5.04. The van der Waals surface area contributed by atoms with E-state index in [1.54, 1.807) is 16.2 Å². The molecule has 1 N–H and O–H groups in total. The highest BCUT2D eigenvalue weighted by molar-refractivity contribution is 7.12. The number of aliphatic carboxylic acids is 1. The molecule has 2 atom stereocenters. The summed E-state index contributed by atoms with van der Waals surface area (Å²) in [6, 6.07) is 3.98. The second kappa shape index (κ2) is 5.74. The van der Waals surface area contributed by atoms with Crippen molar-refractivity contribution in [1.82, 2.24) is 4.90 Å². The summed E-state index contributed by atoms with van der Waals surface area (Å²) in [5.41, 5.74) is 0. The number of likely N-dealkylation sites (tertiary alicyclic amines) is 1. The number of thiophene rings is 1. The standard InChI is InChI=1S/C14H19NO3S/c1-9-5-11(14(17)18)8-15(7-9)13(16)6-12-4-3-10(2)19-12/h3-4,9,11H,5-8H2,1-2H3,(H,17,18). The van der Waals surface area contributed by atoms with Crippen LogP contribution in [0, 0.1) is 18.8 Å². The molecule has 0 aliphatic carbocycles. The van der Waals surface area contributed by atoms with Gasteiger partial charge in [-0.2, -0.15) is 0 Å². The number of hydrogen-bond acceptors (Lipinski definition) is 3. The highest BCUT2D eigenvalue weighted by atomic mass is 32.1. The van der Waals surface area contributed by atoms with Gasteiger partial charge in [0.1, 0.15) is 0 Å². The van der Waals surface area contributed by atoms with Crippen molar-refractivity contribution < 1.29 is 14.7 Å². The molecule has 1 aromatic rings. The number of amides is 1. The number of nitrogens with zero attached hydrogens (tertiary/aromatic N) is 1. The highest BCUT2D eigenvalue weighted by Crippen LogP contribution is 2.23. The van der Waals surface area contributed by atoms with E-state index in [9.17, 15) is 9.59 Å². The lowest BCUT2D eigenvalue weighted by atomic mass is 9.90. The molecule has 1 saturated heterocycles. The third-order valence-corrected chi connectivity index (χ3v) is 4.48. The first-order chi connectivity index (χ1) is 8.95. The number of carbonyl (C=O) groups is 2. The Morgan fingerprint density at radius 1 is 1.42 bits per heavy atom. The van der Waals surface area contributed by atoms with Crippen molar-refractivity contribution >= 4 is 23.2 Å². The average molecular weight is 281 g/mol. The number of piperidine rings is 1. The first-order valence-corrected chi connectivity index (χ1v) is 7.33. The van der Waals surface area contributed by atoms with Crippen LogP contribution in [0.5, 0.6) is 0 Å². The van der Waals surface area contributed by atoms with Crippen LogP contribution in [0.2, 0.25) is 0 Å². The number of carboxylic acid groups (broad SMARTS) is 1. The zero-order valence-corrected chi connectivity index (χ0v) is 12.1. The minimum absolute atomic E-state index is 0.0413. The van der Waals surface area contributed by atoms with E-state index in [2.05, 4.69) is 0 Å². The van der Waals surface area contributed by atoms with Crippen molar-refractivity contribution in [3.63, 3.8) is 0 Å². The summed E-state index contributed by atoms with van der Waals surface area (Å²) in [5.74, 6) is -0.919. The molecule has 1 aromatic heterocycles. The third kappa shape index (κ3) is 3.56. The fourth-order valence-electron chi connectivity index (χ4n) is 2.58. The molecule has 4 nitrogen and oxygen atoms in total. The molecule has 0 aromatic carbocycles. The Kier molecular flexibility index (Phi) is 4.24. The van der Waals surface area contributed by atoms with Crippen LogP contribution >= 0.6 is 11.3 Å². The van der Waals surface area contributed by atoms with E-state index in [0.29, 0.717) is 25.9 Å². The van der Waals surface area contributed by atoms with E-state index in [0.717, 1.165) is 4.88 Å². The Morgan fingerprint density at radius 2 is 2.16 bits per heavy atom. The predicted molar refractivity (Wildman–Crippen MR) is 74.2 cm³/mol. The first kappa shape index (κ1) is 14.1. The van der Waals surface area contributed by atoms with Gasteiger partial charge in [-0.15, -0.1) is 11.3 Å². The summed E-state index contributed by atoms with van der Waals surface area (Å²) in [7, 11) is 0. The van der Waals surface area contributed by atoms with Gasteiger partial charge in [0.15, 0.2) is 0 Å². The minimum atomic E-state index is -0.795. The molecule has 0 spiro atoms. The van der Waals surface area contributed by atoms with Gasteiger partial charge in [0.25, 0.3) is 0 Å². The Hall–Kier alpha value is -1.36. The zero-order chi connectivity index (χ0) is 14.0. The van der Waals surface area contributed by atoms with Crippen LogP contribution in [0.1, 0.15) is 23.1 Å². The minimum Gasteiger partial charge on any atom is -0.481 e. The van der Waals surface area contributed by atoms with Gasteiger partial charge in [-0.3, -0.25) is 9.59 Å². The van der Waals surface area contributed by atoms with Gasteiger partial charge in [-0.05, 0) is 31.4 Å². The lowest BCUT2D eigenvalue weighted by Crippen LogP contribution is -2.46. The fourth-order valence-corrected chi connectivity index (χ4v) is 3.46. The summed E-state index contributed by atoms with van der Waals surface area (Å²) < 4.78 is 0. The molecule has 1 aliphatic rings. The van der Waals surface area contributed by atoms with Crippen LogP contribution in [0.3, 0.4) is 0 Å². The van der Waals surface area contributed by atoms with E-state index in [1.165, 1.54) is 4.88 Å². The summed E-state index contributed by atoms with van der Waals surface area (Å²) in [5, 5.41) is 9.11. The van der Waals surface area contributed by atoms with Gasteiger partial charge in [0.2, 0.25) is 5.91 Å². The molecule has 0 saturated carbocycles. The van der Waals surface area contributed by atoms with Gasteiger partial charge in [0.05, 0.1) is 12.3 Å². The number of carboxylic acids is 1. The largest absolute Gasteiger partial charge is 0.481 e. The Morgan fingerprint density at radius 3 is 2.74 bits per heavy atom. The topological polar surface area (TPSA) is 57.6 Å². The van der Waals surface area contributed by atoms with Crippen molar-refractivity contribution in [3.8, 4) is 0 Å². The Labute approximate surface area is 117 Å². The number of aryl methyl sites for hydroxylation is 1. The molecule has 0 radical (unpaired) electrons. The molecular formula is C14H19NO3S. The number of rotatable bonds is 3. The van der Waals surface area contributed by atoms with Gasteiger partial charge >= 0.3 is 5.97 Å². The molecule has 5 heteroatoms. The third-order valence-electron chi connectivity index (χ3n) is 3.48. The fraction of sp³-hybridized carbons (Fsp3) is 0.571. The van der Waals surface area contributed by atoms with Crippen molar-refractivity contribution in [2.24, 2.45) is 11.8 Å². The van der Waals surface area contributed by atoms with Crippen LogP contribution in [0.25, 0.3) is 0 Å². The predicted octanol–water partition coefficient (Wildman–Crippen LogP) is 2.17. The van der Waals surface area contributed by atoms with Crippen molar-refractivity contribution in [2.75, 3.05) is 13.1 Å². The monoisotopic (exact) mass is 281 g/mol. The van der Waals surface area contributed by atoms with E-state index < -0.39 is 11.9 Å². The van der Waals surface area contributed by atoms with Gasteiger partial charge < -0.3 is 10.0 Å². The molecule has 1 fully saturated rings.